The SMILES string of the molecule is CC1CCC(C(C)C)C(NC(=O)CCc2ccccc2C(=O)O)C1. The molecule has 1 aromatic rings. The summed E-state index contributed by atoms with van der Waals surface area (Å²) in [7, 11) is 0. The van der Waals surface area contributed by atoms with Crippen LogP contribution in [0.3, 0.4) is 0 Å². The van der Waals surface area contributed by atoms with Crippen molar-refractivity contribution in [1.82, 2.24) is 5.32 Å². The molecule has 0 spiro atoms. The number of amides is 1. The zero-order valence-corrected chi connectivity index (χ0v) is 14.9. The van der Waals surface area contributed by atoms with Gasteiger partial charge in [-0.15, -0.1) is 0 Å². The van der Waals surface area contributed by atoms with Crippen molar-refractivity contribution in [2.45, 2.75) is 58.9 Å². The van der Waals surface area contributed by atoms with Gasteiger partial charge in [-0.25, -0.2) is 4.79 Å². The number of rotatable bonds is 6. The molecular formula is C20H29NO3. The lowest BCUT2D eigenvalue weighted by Gasteiger charge is -2.37. The topological polar surface area (TPSA) is 66.4 Å². The molecule has 4 nitrogen and oxygen atoms in total. The maximum Gasteiger partial charge on any atom is 0.335 e. The standard InChI is InChI=1S/C20H29NO3/c1-13(2)16-10-8-14(3)12-18(16)21-19(22)11-9-15-6-4-5-7-17(15)20(23)24/h4-7,13-14,16,18H,8-12H2,1-3H3,(H,21,22)(H,23,24). The van der Waals surface area contributed by atoms with Gasteiger partial charge in [0, 0.05) is 12.5 Å². The molecule has 3 atom stereocenters. The lowest BCUT2D eigenvalue weighted by molar-refractivity contribution is -0.122. The number of benzene rings is 1. The van der Waals surface area contributed by atoms with E-state index >= 15 is 0 Å². The Balaban J connectivity index is 1.94. The smallest absolute Gasteiger partial charge is 0.335 e. The highest BCUT2D eigenvalue weighted by Crippen LogP contribution is 2.33. The predicted octanol–water partition coefficient (Wildman–Crippen LogP) is 3.89. The number of carbonyl (C=O) groups excluding carboxylic acids is 1. The van der Waals surface area contributed by atoms with Crippen LogP contribution in [0.2, 0.25) is 0 Å². The van der Waals surface area contributed by atoms with Gasteiger partial charge < -0.3 is 10.4 Å². The van der Waals surface area contributed by atoms with E-state index < -0.39 is 5.97 Å². The van der Waals surface area contributed by atoms with E-state index in [1.165, 1.54) is 12.8 Å². The van der Waals surface area contributed by atoms with Crippen LogP contribution in [0.15, 0.2) is 24.3 Å². The van der Waals surface area contributed by atoms with Crippen LogP contribution < -0.4 is 5.32 Å². The van der Waals surface area contributed by atoms with Gasteiger partial charge in [0.2, 0.25) is 5.91 Å². The molecule has 2 N–H and O–H groups in total. The molecule has 0 aromatic heterocycles. The van der Waals surface area contributed by atoms with Gasteiger partial charge in [-0.1, -0.05) is 45.4 Å². The average molecular weight is 331 g/mol. The van der Waals surface area contributed by atoms with Crippen LogP contribution >= 0.6 is 0 Å². The molecule has 0 radical (unpaired) electrons. The number of carboxylic acids is 1. The second-order valence-electron chi connectivity index (χ2n) is 7.46. The molecule has 1 aliphatic rings. The van der Waals surface area contributed by atoms with Gasteiger partial charge in [-0.2, -0.15) is 0 Å². The van der Waals surface area contributed by atoms with Crippen molar-refractivity contribution in [3.8, 4) is 0 Å². The first-order chi connectivity index (χ1) is 11.4. The highest BCUT2D eigenvalue weighted by Gasteiger charge is 2.31. The number of nitrogens with one attached hydrogen (secondary N) is 1. The number of aromatic carboxylic acids is 1. The Labute approximate surface area is 144 Å². The van der Waals surface area contributed by atoms with Crippen LogP contribution in [0.5, 0.6) is 0 Å². The summed E-state index contributed by atoms with van der Waals surface area (Å²) in [5.41, 5.74) is 1.01. The first-order valence-electron chi connectivity index (χ1n) is 8.99. The molecule has 1 amide bonds. The fraction of sp³-hybridized carbons (Fsp3) is 0.600. The van der Waals surface area contributed by atoms with Gasteiger partial charge >= 0.3 is 5.97 Å². The number of hydrogen-bond donors (Lipinski definition) is 2. The van der Waals surface area contributed by atoms with Crippen LogP contribution in [-0.2, 0) is 11.2 Å². The Morgan fingerprint density at radius 1 is 1.25 bits per heavy atom. The van der Waals surface area contributed by atoms with Gasteiger partial charge in [0.1, 0.15) is 0 Å². The molecule has 2 rings (SSSR count). The molecule has 0 aliphatic heterocycles. The lowest BCUT2D eigenvalue weighted by Crippen LogP contribution is -2.45. The third-order valence-corrected chi connectivity index (χ3v) is 5.24. The van der Waals surface area contributed by atoms with Crippen molar-refractivity contribution in [2.75, 3.05) is 0 Å². The van der Waals surface area contributed by atoms with E-state index in [2.05, 4.69) is 26.1 Å². The van der Waals surface area contributed by atoms with E-state index in [-0.39, 0.29) is 17.5 Å². The lowest BCUT2D eigenvalue weighted by atomic mass is 9.74. The van der Waals surface area contributed by atoms with Crippen molar-refractivity contribution >= 4 is 11.9 Å². The predicted molar refractivity (Wildman–Crippen MR) is 95.0 cm³/mol. The highest BCUT2D eigenvalue weighted by molar-refractivity contribution is 5.89. The zero-order valence-electron chi connectivity index (χ0n) is 14.9. The summed E-state index contributed by atoms with van der Waals surface area (Å²) in [6.07, 6.45) is 4.25. The molecule has 4 heteroatoms. The summed E-state index contributed by atoms with van der Waals surface area (Å²) in [5, 5.41) is 12.4. The normalized spacial score (nSPS) is 23.9. The van der Waals surface area contributed by atoms with Crippen LogP contribution in [0.25, 0.3) is 0 Å². The van der Waals surface area contributed by atoms with E-state index in [1.54, 1.807) is 18.2 Å². The average Bonchev–Trinajstić information content (AvgIpc) is 2.53. The van der Waals surface area contributed by atoms with Crippen LogP contribution in [0.4, 0.5) is 0 Å². The van der Waals surface area contributed by atoms with Crippen LogP contribution in [-0.4, -0.2) is 23.0 Å². The number of carbonyl (C=O) groups is 2. The van der Waals surface area contributed by atoms with E-state index in [1.807, 2.05) is 6.07 Å². The quantitative estimate of drug-likeness (QED) is 0.831. The van der Waals surface area contributed by atoms with Crippen LogP contribution in [0.1, 0.15) is 62.4 Å². The molecule has 1 fully saturated rings. The summed E-state index contributed by atoms with van der Waals surface area (Å²) in [5.74, 6) is 0.844. The Bertz CT molecular complexity index is 582. The number of aryl methyl sites for hydroxylation is 1. The first-order valence-corrected chi connectivity index (χ1v) is 8.99. The summed E-state index contributed by atoms with van der Waals surface area (Å²) in [6.45, 7) is 6.70. The van der Waals surface area contributed by atoms with Gasteiger partial charge in [0.15, 0.2) is 0 Å². The first kappa shape index (κ1) is 18.5. The maximum atomic E-state index is 12.4. The monoisotopic (exact) mass is 331 g/mol. The zero-order chi connectivity index (χ0) is 17.7. The maximum absolute atomic E-state index is 12.4. The third kappa shape index (κ3) is 4.83. The van der Waals surface area contributed by atoms with E-state index in [0.717, 1.165) is 12.0 Å². The largest absolute Gasteiger partial charge is 0.478 e. The van der Waals surface area contributed by atoms with Gasteiger partial charge in [-0.05, 0) is 48.6 Å². The minimum absolute atomic E-state index is 0.0277. The van der Waals surface area contributed by atoms with Crippen LogP contribution in [0, 0.1) is 17.8 Å². The molecule has 0 saturated heterocycles. The fourth-order valence-corrected chi connectivity index (χ4v) is 3.84. The number of hydrogen-bond acceptors (Lipinski definition) is 2. The summed E-state index contributed by atoms with van der Waals surface area (Å²) >= 11 is 0. The Hall–Kier alpha value is -1.84. The Kier molecular flexibility index (Phi) is 6.41. The van der Waals surface area contributed by atoms with E-state index in [0.29, 0.717) is 30.6 Å². The van der Waals surface area contributed by atoms with Crippen molar-refractivity contribution < 1.29 is 14.7 Å². The minimum atomic E-state index is -0.938. The second kappa shape index (κ2) is 8.32. The molecule has 0 heterocycles. The third-order valence-electron chi connectivity index (χ3n) is 5.24. The second-order valence-corrected chi connectivity index (χ2v) is 7.46. The Morgan fingerprint density at radius 2 is 1.96 bits per heavy atom. The fourth-order valence-electron chi connectivity index (χ4n) is 3.84. The molecule has 1 saturated carbocycles. The number of carboxylic acid groups (broad SMARTS) is 1. The molecule has 0 bridgehead atoms. The highest BCUT2D eigenvalue weighted by atomic mass is 16.4. The molecule has 24 heavy (non-hydrogen) atoms. The van der Waals surface area contributed by atoms with Crippen molar-refractivity contribution in [1.29, 1.82) is 0 Å². The molecule has 1 aromatic carbocycles. The summed E-state index contributed by atoms with van der Waals surface area (Å²) < 4.78 is 0. The van der Waals surface area contributed by atoms with Gasteiger partial charge in [0.25, 0.3) is 0 Å². The van der Waals surface area contributed by atoms with E-state index in [4.69, 9.17) is 0 Å². The molecule has 1 aliphatic carbocycles. The minimum Gasteiger partial charge on any atom is -0.478 e. The van der Waals surface area contributed by atoms with Gasteiger partial charge in [0.05, 0.1) is 5.56 Å². The van der Waals surface area contributed by atoms with Crippen molar-refractivity contribution in [2.24, 2.45) is 17.8 Å². The Morgan fingerprint density at radius 3 is 2.62 bits per heavy atom. The van der Waals surface area contributed by atoms with Gasteiger partial charge in [-0.3, -0.25) is 4.79 Å². The van der Waals surface area contributed by atoms with E-state index in [9.17, 15) is 14.7 Å². The molecule has 132 valence electrons. The summed E-state index contributed by atoms with van der Waals surface area (Å²) in [6, 6.07) is 7.15. The summed E-state index contributed by atoms with van der Waals surface area (Å²) in [4.78, 5) is 23.6. The molecule has 3 unspecified atom stereocenters. The van der Waals surface area contributed by atoms with Crippen molar-refractivity contribution in [3.05, 3.63) is 35.4 Å². The van der Waals surface area contributed by atoms with Crippen molar-refractivity contribution in [3.63, 3.8) is 0 Å². The molecular weight excluding hydrogens is 302 g/mol.